The minimum atomic E-state index is 0.695. The van der Waals surface area contributed by atoms with Crippen LogP contribution in [0.25, 0.3) is 32.9 Å². The van der Waals surface area contributed by atoms with Crippen LogP contribution < -0.4 is 10.2 Å². The number of anilines is 2. The van der Waals surface area contributed by atoms with Crippen LogP contribution in [0.5, 0.6) is 0 Å². The maximum absolute atomic E-state index is 4.95. The molecule has 1 N–H and O–H groups in total. The molecule has 0 atom stereocenters. The summed E-state index contributed by atoms with van der Waals surface area (Å²) in [6.07, 6.45) is 2.41. The Morgan fingerprint density at radius 1 is 0.800 bits per heavy atom. The maximum Gasteiger partial charge on any atom is 0.172 e. The molecule has 0 amide bonds. The SMILES string of the molecule is Cc1ccc(-c2csc(-c3ccc(CNc4nc5ccccc5nc4N4CCCC4)cc3)n2)cc1. The fourth-order valence-electron chi connectivity index (χ4n) is 4.47. The Morgan fingerprint density at radius 3 is 2.23 bits per heavy atom. The summed E-state index contributed by atoms with van der Waals surface area (Å²) in [6.45, 7) is 4.87. The lowest BCUT2D eigenvalue weighted by atomic mass is 10.1. The summed E-state index contributed by atoms with van der Waals surface area (Å²) in [6, 6.07) is 25.3. The highest BCUT2D eigenvalue weighted by Crippen LogP contribution is 2.30. The van der Waals surface area contributed by atoms with Gasteiger partial charge in [0.15, 0.2) is 11.6 Å². The Hall–Kier alpha value is -3.77. The Labute approximate surface area is 209 Å². The summed E-state index contributed by atoms with van der Waals surface area (Å²) in [5, 5.41) is 6.73. The number of aryl methyl sites for hydroxylation is 1. The summed E-state index contributed by atoms with van der Waals surface area (Å²) in [4.78, 5) is 17.1. The van der Waals surface area contributed by atoms with Crippen LogP contribution in [0.2, 0.25) is 0 Å². The molecule has 35 heavy (non-hydrogen) atoms. The summed E-state index contributed by atoms with van der Waals surface area (Å²) in [7, 11) is 0. The molecule has 174 valence electrons. The van der Waals surface area contributed by atoms with E-state index in [4.69, 9.17) is 15.0 Å². The fourth-order valence-corrected chi connectivity index (χ4v) is 5.31. The number of thiazole rings is 1. The minimum Gasteiger partial charge on any atom is -0.363 e. The molecule has 1 saturated heterocycles. The first-order valence-electron chi connectivity index (χ1n) is 12.1. The molecule has 2 aromatic heterocycles. The molecule has 6 rings (SSSR count). The number of nitrogens with one attached hydrogen (secondary N) is 1. The van der Waals surface area contributed by atoms with E-state index in [2.05, 4.69) is 71.1 Å². The molecule has 0 aliphatic carbocycles. The van der Waals surface area contributed by atoms with Crippen LogP contribution in [0, 0.1) is 6.92 Å². The van der Waals surface area contributed by atoms with Crippen LogP contribution in [0.4, 0.5) is 11.6 Å². The monoisotopic (exact) mass is 477 g/mol. The normalized spacial score (nSPS) is 13.5. The van der Waals surface area contributed by atoms with E-state index in [0.29, 0.717) is 6.54 Å². The van der Waals surface area contributed by atoms with Crippen LogP contribution in [0.3, 0.4) is 0 Å². The van der Waals surface area contributed by atoms with Gasteiger partial charge in [-0.25, -0.2) is 15.0 Å². The van der Waals surface area contributed by atoms with E-state index in [9.17, 15) is 0 Å². The Bertz CT molecular complexity index is 1450. The van der Waals surface area contributed by atoms with Gasteiger partial charge in [0.05, 0.1) is 16.7 Å². The van der Waals surface area contributed by atoms with Gasteiger partial charge in [-0.15, -0.1) is 11.3 Å². The summed E-state index contributed by atoms with van der Waals surface area (Å²) < 4.78 is 0. The van der Waals surface area contributed by atoms with E-state index in [-0.39, 0.29) is 0 Å². The fraction of sp³-hybridized carbons (Fsp3) is 0.207. The van der Waals surface area contributed by atoms with Crippen LogP contribution in [0.1, 0.15) is 24.0 Å². The second-order valence-corrected chi connectivity index (χ2v) is 9.89. The highest BCUT2D eigenvalue weighted by molar-refractivity contribution is 7.13. The third-order valence-electron chi connectivity index (χ3n) is 6.47. The second-order valence-electron chi connectivity index (χ2n) is 9.03. The smallest absolute Gasteiger partial charge is 0.172 e. The largest absolute Gasteiger partial charge is 0.363 e. The van der Waals surface area contributed by atoms with Crippen molar-refractivity contribution in [3.05, 3.63) is 89.3 Å². The molecule has 0 saturated carbocycles. The molecule has 0 unspecified atom stereocenters. The Kier molecular flexibility index (Phi) is 5.88. The Morgan fingerprint density at radius 2 is 1.49 bits per heavy atom. The molecule has 1 aliphatic heterocycles. The van der Waals surface area contributed by atoms with E-state index >= 15 is 0 Å². The molecule has 0 bridgehead atoms. The molecule has 3 heterocycles. The lowest BCUT2D eigenvalue weighted by Gasteiger charge is -2.20. The number of nitrogens with zero attached hydrogens (tertiary/aromatic N) is 4. The number of para-hydroxylation sites is 2. The highest BCUT2D eigenvalue weighted by atomic mass is 32.1. The zero-order valence-corrected chi connectivity index (χ0v) is 20.6. The van der Waals surface area contributed by atoms with Gasteiger partial charge in [-0.1, -0.05) is 66.2 Å². The average molecular weight is 478 g/mol. The standard InChI is InChI=1S/C29H27N5S/c1-20-8-12-22(13-9-20)26-19-35-29(33-26)23-14-10-21(11-15-23)18-30-27-28(34-16-4-5-17-34)32-25-7-3-2-6-24(25)31-27/h2-3,6-15,19H,4-5,16-18H2,1H3,(H,30,31). The molecular formula is C29H27N5S. The van der Waals surface area contributed by atoms with E-state index < -0.39 is 0 Å². The number of rotatable bonds is 6. The van der Waals surface area contributed by atoms with Crippen molar-refractivity contribution in [3.8, 4) is 21.8 Å². The summed E-state index contributed by atoms with van der Waals surface area (Å²) in [5.41, 5.74) is 7.64. The third-order valence-corrected chi connectivity index (χ3v) is 7.36. The first-order valence-corrected chi connectivity index (χ1v) is 13.0. The summed E-state index contributed by atoms with van der Waals surface area (Å²) >= 11 is 1.68. The average Bonchev–Trinajstić information content (AvgIpc) is 3.61. The molecule has 6 heteroatoms. The number of aromatic nitrogens is 3. The molecule has 0 spiro atoms. The van der Waals surface area contributed by atoms with Gasteiger partial charge < -0.3 is 10.2 Å². The number of hydrogen-bond donors (Lipinski definition) is 1. The van der Waals surface area contributed by atoms with Gasteiger partial charge in [0, 0.05) is 36.1 Å². The minimum absolute atomic E-state index is 0.695. The van der Waals surface area contributed by atoms with E-state index in [1.807, 2.05) is 24.3 Å². The second kappa shape index (κ2) is 9.47. The topological polar surface area (TPSA) is 53.9 Å². The molecule has 1 aliphatic rings. The number of benzene rings is 3. The molecular weight excluding hydrogens is 450 g/mol. The maximum atomic E-state index is 4.95. The highest BCUT2D eigenvalue weighted by Gasteiger charge is 2.19. The van der Waals surface area contributed by atoms with E-state index in [1.165, 1.54) is 24.0 Å². The van der Waals surface area contributed by atoms with Gasteiger partial charge >= 0.3 is 0 Å². The van der Waals surface area contributed by atoms with Gasteiger partial charge in [0.25, 0.3) is 0 Å². The summed E-state index contributed by atoms with van der Waals surface area (Å²) in [5.74, 6) is 1.82. The van der Waals surface area contributed by atoms with Crippen molar-refractivity contribution in [1.82, 2.24) is 15.0 Å². The van der Waals surface area contributed by atoms with Gasteiger partial charge in [0.2, 0.25) is 0 Å². The molecule has 5 nitrogen and oxygen atoms in total. The zero-order valence-electron chi connectivity index (χ0n) is 19.7. The van der Waals surface area contributed by atoms with Crippen molar-refractivity contribution in [1.29, 1.82) is 0 Å². The lowest BCUT2D eigenvalue weighted by molar-refractivity contribution is 0.932. The lowest BCUT2D eigenvalue weighted by Crippen LogP contribution is -2.21. The van der Waals surface area contributed by atoms with Crippen molar-refractivity contribution in [3.63, 3.8) is 0 Å². The van der Waals surface area contributed by atoms with E-state index in [1.54, 1.807) is 11.3 Å². The van der Waals surface area contributed by atoms with Crippen LogP contribution >= 0.6 is 11.3 Å². The van der Waals surface area contributed by atoms with Gasteiger partial charge in [-0.3, -0.25) is 0 Å². The van der Waals surface area contributed by atoms with Gasteiger partial charge in [-0.2, -0.15) is 0 Å². The predicted molar refractivity (Wildman–Crippen MR) is 146 cm³/mol. The first kappa shape index (κ1) is 21.7. The predicted octanol–water partition coefficient (Wildman–Crippen LogP) is 6.94. The van der Waals surface area contributed by atoms with Crippen molar-refractivity contribution >= 4 is 34.0 Å². The molecule has 0 radical (unpaired) electrons. The molecule has 3 aromatic carbocycles. The van der Waals surface area contributed by atoms with Gasteiger partial charge in [-0.05, 0) is 37.5 Å². The zero-order chi connectivity index (χ0) is 23.6. The first-order chi connectivity index (χ1) is 17.2. The third kappa shape index (κ3) is 4.62. The van der Waals surface area contributed by atoms with Crippen molar-refractivity contribution in [2.24, 2.45) is 0 Å². The van der Waals surface area contributed by atoms with Crippen molar-refractivity contribution < 1.29 is 0 Å². The molecule has 1 fully saturated rings. The van der Waals surface area contributed by atoms with Gasteiger partial charge in [0.1, 0.15) is 5.01 Å². The van der Waals surface area contributed by atoms with Crippen LogP contribution in [0.15, 0.2) is 78.2 Å². The quantitative estimate of drug-likeness (QED) is 0.287. The Balaban J connectivity index is 1.20. The molecule has 5 aromatic rings. The van der Waals surface area contributed by atoms with E-state index in [0.717, 1.165) is 57.6 Å². The van der Waals surface area contributed by atoms with Crippen LogP contribution in [-0.4, -0.2) is 28.0 Å². The number of hydrogen-bond acceptors (Lipinski definition) is 6. The van der Waals surface area contributed by atoms with Crippen molar-refractivity contribution in [2.75, 3.05) is 23.3 Å². The van der Waals surface area contributed by atoms with Crippen LogP contribution in [-0.2, 0) is 6.54 Å². The number of fused-ring (bicyclic) bond motifs is 1. The van der Waals surface area contributed by atoms with Crippen molar-refractivity contribution in [2.45, 2.75) is 26.3 Å².